The van der Waals surface area contributed by atoms with Crippen molar-refractivity contribution in [2.75, 3.05) is 22.6 Å². The van der Waals surface area contributed by atoms with Gasteiger partial charge in [0.1, 0.15) is 40.2 Å². The summed E-state index contributed by atoms with van der Waals surface area (Å²) in [5, 5.41) is 7.16. The van der Waals surface area contributed by atoms with Gasteiger partial charge in [-0.05, 0) is 140 Å². The number of fused-ring (bicyclic) bond motifs is 1. The molecule has 0 radical (unpaired) electrons. The van der Waals surface area contributed by atoms with Gasteiger partial charge in [-0.3, -0.25) is 19.2 Å². The summed E-state index contributed by atoms with van der Waals surface area (Å²) in [4.78, 5) is 78.9. The van der Waals surface area contributed by atoms with Gasteiger partial charge in [0.25, 0.3) is 23.6 Å². The van der Waals surface area contributed by atoms with Crippen LogP contribution in [-0.4, -0.2) is 42.7 Å². The van der Waals surface area contributed by atoms with E-state index >= 15 is 0 Å². The largest absolute Gasteiger partial charge is 0.497 e. The van der Waals surface area contributed by atoms with Gasteiger partial charge in [0.2, 0.25) is 0 Å². The molecule has 0 aliphatic carbocycles. The summed E-state index contributed by atoms with van der Waals surface area (Å²) >= 11 is 0. The van der Waals surface area contributed by atoms with Crippen LogP contribution < -0.4 is 39.2 Å². The van der Waals surface area contributed by atoms with E-state index in [-0.39, 0.29) is 28.7 Å². The molecule has 71 heavy (non-hydrogen) atoms. The van der Waals surface area contributed by atoms with Gasteiger partial charge in [0.15, 0.2) is 0 Å². The Bertz CT molecular complexity index is 3450. The summed E-state index contributed by atoms with van der Waals surface area (Å²) in [6.45, 7) is 3.22. The number of ether oxygens (including phenoxy) is 5. The number of carbonyl (C=O) groups excluding carboxylic acids is 6. The third-order valence-corrected chi connectivity index (χ3v) is 11.3. The summed E-state index contributed by atoms with van der Waals surface area (Å²) in [6, 6.07) is 49.8. The second-order valence-electron chi connectivity index (χ2n) is 16.1. The second-order valence-corrected chi connectivity index (χ2v) is 16.1. The molecule has 0 aromatic heterocycles. The van der Waals surface area contributed by atoms with Gasteiger partial charge in [-0.2, -0.15) is 0 Å². The lowest BCUT2D eigenvalue weighted by molar-refractivity contribution is -0.120. The minimum Gasteiger partial charge on any atom is -0.497 e. The highest BCUT2D eigenvalue weighted by Gasteiger charge is 2.34. The first-order valence-electron chi connectivity index (χ1n) is 22.0. The predicted octanol–water partition coefficient (Wildman–Crippen LogP) is 11.6. The number of nitrogens with zero attached hydrogens (tertiary/aromatic N) is 1. The van der Waals surface area contributed by atoms with E-state index in [0.717, 1.165) is 15.7 Å². The average Bonchev–Trinajstić information content (AvgIpc) is 3.57. The van der Waals surface area contributed by atoms with Crippen molar-refractivity contribution in [1.29, 1.82) is 0 Å². The standard InChI is InChI=1S/C57H41N3O11/c1-34-35(2)55(64)60(54(34)63)44-24-21-36(22-25-44)52(61)58-42-11-5-14-46(30-42)68-48-16-8-17-49(33-48)69-47-15-6-12-43(31-47)59-53(62)39-9-4-10-40(28-39)56(65)71-51-26-23-37-27-41(20-19-38(37)29-51)57(66)70-50-18-7-13-45(32-50)67-3/h4-33H,1-3H3,(H,58,61)(H,59,62). The van der Waals surface area contributed by atoms with Crippen molar-refractivity contribution in [3.05, 3.63) is 215 Å². The summed E-state index contributed by atoms with van der Waals surface area (Å²) in [6.07, 6.45) is 0. The molecule has 1 aliphatic heterocycles. The highest BCUT2D eigenvalue weighted by Crippen LogP contribution is 2.32. The van der Waals surface area contributed by atoms with Gasteiger partial charge in [-0.15, -0.1) is 0 Å². The zero-order chi connectivity index (χ0) is 49.6. The minimum absolute atomic E-state index is 0.159. The van der Waals surface area contributed by atoms with Gasteiger partial charge in [0.05, 0.1) is 23.9 Å². The lowest BCUT2D eigenvalue weighted by atomic mass is 10.1. The van der Waals surface area contributed by atoms with Crippen LogP contribution in [0.2, 0.25) is 0 Å². The normalized spacial score (nSPS) is 12.1. The number of methoxy groups -OCH3 is 1. The number of nitrogens with one attached hydrogen (secondary N) is 2. The lowest BCUT2D eigenvalue weighted by Crippen LogP contribution is -2.31. The number of carbonyl (C=O) groups is 6. The molecule has 0 saturated heterocycles. The maximum absolute atomic E-state index is 13.4. The third-order valence-electron chi connectivity index (χ3n) is 11.3. The number of amides is 4. The molecule has 2 N–H and O–H groups in total. The van der Waals surface area contributed by atoms with Gasteiger partial charge < -0.3 is 34.3 Å². The Hall–Kier alpha value is -9.82. The van der Waals surface area contributed by atoms with E-state index in [1.54, 1.807) is 190 Å². The summed E-state index contributed by atoms with van der Waals surface area (Å²) in [7, 11) is 1.53. The van der Waals surface area contributed by atoms with E-state index in [0.29, 0.717) is 73.8 Å². The molecule has 0 fully saturated rings. The van der Waals surface area contributed by atoms with Crippen molar-refractivity contribution in [1.82, 2.24) is 0 Å². The van der Waals surface area contributed by atoms with Crippen LogP contribution in [-0.2, 0) is 9.59 Å². The number of hydrogen-bond donors (Lipinski definition) is 2. The highest BCUT2D eigenvalue weighted by molar-refractivity contribution is 6.32. The second kappa shape index (κ2) is 20.2. The van der Waals surface area contributed by atoms with E-state index in [1.165, 1.54) is 13.2 Å². The number of rotatable bonds is 14. The van der Waals surface area contributed by atoms with E-state index < -0.39 is 23.8 Å². The molecular weight excluding hydrogens is 903 g/mol. The lowest BCUT2D eigenvalue weighted by Gasteiger charge is -2.15. The monoisotopic (exact) mass is 943 g/mol. The highest BCUT2D eigenvalue weighted by atomic mass is 16.5. The summed E-state index contributed by atoms with van der Waals surface area (Å²) in [5.74, 6) is 0.118. The molecule has 350 valence electrons. The van der Waals surface area contributed by atoms with E-state index in [4.69, 9.17) is 23.7 Å². The molecule has 1 heterocycles. The molecule has 8 aromatic rings. The Morgan fingerprint density at radius 1 is 0.408 bits per heavy atom. The molecule has 0 saturated carbocycles. The summed E-state index contributed by atoms with van der Waals surface area (Å²) in [5.41, 5.74) is 3.12. The fourth-order valence-electron chi connectivity index (χ4n) is 7.50. The first-order chi connectivity index (χ1) is 34.4. The van der Waals surface area contributed by atoms with Crippen LogP contribution in [0.25, 0.3) is 10.8 Å². The molecule has 1 aliphatic rings. The maximum Gasteiger partial charge on any atom is 0.343 e. The Balaban J connectivity index is 0.783. The maximum atomic E-state index is 13.4. The molecule has 8 aromatic carbocycles. The predicted molar refractivity (Wildman–Crippen MR) is 266 cm³/mol. The zero-order valence-electron chi connectivity index (χ0n) is 38.3. The quantitative estimate of drug-likeness (QED) is 0.0603. The SMILES string of the molecule is COc1cccc(OC(=O)c2ccc3cc(OC(=O)c4cccc(C(=O)Nc5cccc(Oc6cccc(Oc7cccc(NC(=O)c8ccc(N9C(=O)C(C)=C(C)C9=O)cc8)c7)c6)c5)c4)ccc3c2)c1. The molecule has 0 unspecified atom stereocenters. The van der Waals surface area contributed by atoms with Crippen LogP contribution in [0.15, 0.2) is 193 Å². The molecule has 0 atom stereocenters. The van der Waals surface area contributed by atoms with Crippen molar-refractivity contribution in [2.45, 2.75) is 13.8 Å². The topological polar surface area (TPSA) is 176 Å². The molecule has 9 rings (SSSR count). The minimum atomic E-state index is -0.668. The average molecular weight is 944 g/mol. The van der Waals surface area contributed by atoms with Crippen LogP contribution in [0.4, 0.5) is 17.1 Å². The van der Waals surface area contributed by atoms with Gasteiger partial charge in [-0.25, -0.2) is 14.5 Å². The number of hydrogen-bond acceptors (Lipinski definition) is 11. The van der Waals surface area contributed by atoms with Gasteiger partial charge >= 0.3 is 11.9 Å². The molecule has 14 nitrogen and oxygen atoms in total. The van der Waals surface area contributed by atoms with Crippen LogP contribution in [0.3, 0.4) is 0 Å². The number of imide groups is 1. The molecule has 14 heteroatoms. The molecule has 0 spiro atoms. The molecular formula is C57H41N3O11. The van der Waals surface area contributed by atoms with Gasteiger partial charge in [0, 0.05) is 57.9 Å². The molecule has 4 amide bonds. The smallest absolute Gasteiger partial charge is 0.343 e. The van der Waals surface area contributed by atoms with E-state index in [1.807, 2.05) is 0 Å². The van der Waals surface area contributed by atoms with Crippen molar-refractivity contribution in [3.63, 3.8) is 0 Å². The van der Waals surface area contributed by atoms with Crippen molar-refractivity contribution in [3.8, 4) is 40.2 Å². The van der Waals surface area contributed by atoms with Crippen LogP contribution in [0, 0.1) is 0 Å². The van der Waals surface area contributed by atoms with Crippen LogP contribution in [0.1, 0.15) is 55.3 Å². The first kappa shape index (κ1) is 46.3. The summed E-state index contributed by atoms with van der Waals surface area (Å²) < 4.78 is 28.6. The van der Waals surface area contributed by atoms with E-state index in [9.17, 15) is 28.8 Å². The fourth-order valence-corrected chi connectivity index (χ4v) is 7.50. The number of benzene rings is 8. The van der Waals surface area contributed by atoms with Crippen molar-refractivity contribution < 1.29 is 52.5 Å². The Morgan fingerprint density at radius 2 is 0.845 bits per heavy atom. The Labute approximate surface area is 406 Å². The Morgan fingerprint density at radius 3 is 1.45 bits per heavy atom. The van der Waals surface area contributed by atoms with E-state index in [2.05, 4.69) is 10.6 Å². The zero-order valence-corrected chi connectivity index (χ0v) is 38.3. The first-order valence-corrected chi connectivity index (χ1v) is 22.0. The fraction of sp³-hybridized carbons (Fsp3) is 0.0526. The molecule has 0 bridgehead atoms. The third kappa shape index (κ3) is 10.7. The number of esters is 2. The number of anilines is 3. The Kier molecular flexibility index (Phi) is 13.2. The van der Waals surface area contributed by atoms with Crippen molar-refractivity contribution >= 4 is 63.4 Å². The van der Waals surface area contributed by atoms with Crippen LogP contribution >= 0.6 is 0 Å². The van der Waals surface area contributed by atoms with Crippen LogP contribution in [0.5, 0.6) is 40.2 Å². The van der Waals surface area contributed by atoms with Gasteiger partial charge in [-0.1, -0.05) is 42.5 Å². The van der Waals surface area contributed by atoms with Crippen molar-refractivity contribution in [2.24, 2.45) is 0 Å².